The Kier molecular flexibility index (Phi) is 8.83. The summed E-state index contributed by atoms with van der Waals surface area (Å²) in [6.45, 7) is 3.46. The highest BCUT2D eigenvalue weighted by molar-refractivity contribution is 6.35. The van der Waals surface area contributed by atoms with Gasteiger partial charge in [-0.2, -0.15) is 5.10 Å². The number of nitrogens with one attached hydrogen (secondary N) is 3. The Morgan fingerprint density at radius 1 is 1.13 bits per heavy atom. The van der Waals surface area contributed by atoms with Crippen molar-refractivity contribution in [3.05, 3.63) is 59.1 Å². The molecule has 3 amide bonds. The molecule has 3 N–H and O–H groups in total. The molecule has 0 unspecified atom stereocenters. The lowest BCUT2D eigenvalue weighted by Crippen LogP contribution is -2.41. The topological polar surface area (TPSA) is 109 Å². The number of para-hydroxylation sites is 1. The van der Waals surface area contributed by atoms with Crippen molar-refractivity contribution in [2.75, 3.05) is 11.9 Å². The maximum Gasteiger partial charge on any atom is 0.329 e. The summed E-state index contributed by atoms with van der Waals surface area (Å²) in [7, 11) is 0. The molecule has 9 heteroatoms. The van der Waals surface area contributed by atoms with Crippen molar-refractivity contribution in [3.8, 4) is 5.75 Å². The minimum atomic E-state index is -0.870. The molecule has 0 spiro atoms. The predicted octanol–water partition coefficient (Wildman–Crippen LogP) is 2.72. The van der Waals surface area contributed by atoms with Gasteiger partial charge in [0.25, 0.3) is 5.91 Å². The third-order valence-electron chi connectivity index (χ3n) is 3.95. The SMILES string of the molecule is CC[C@H](C)NC(=O)C(=O)N/N=C\c1ccccc1OCC(=O)Nc1cccc(Cl)c1. The zero-order valence-electron chi connectivity index (χ0n) is 16.6. The van der Waals surface area contributed by atoms with Crippen molar-refractivity contribution in [2.45, 2.75) is 26.3 Å². The molecule has 0 aromatic heterocycles. The van der Waals surface area contributed by atoms with Gasteiger partial charge in [-0.1, -0.05) is 36.7 Å². The molecule has 158 valence electrons. The highest BCUT2D eigenvalue weighted by Crippen LogP contribution is 2.17. The highest BCUT2D eigenvalue weighted by atomic mass is 35.5. The maximum atomic E-state index is 12.1. The summed E-state index contributed by atoms with van der Waals surface area (Å²) in [5.41, 5.74) is 3.24. The van der Waals surface area contributed by atoms with Gasteiger partial charge in [-0.3, -0.25) is 14.4 Å². The number of nitrogens with zero attached hydrogens (tertiary/aromatic N) is 1. The van der Waals surface area contributed by atoms with E-state index in [9.17, 15) is 14.4 Å². The summed E-state index contributed by atoms with van der Waals surface area (Å²) in [4.78, 5) is 35.5. The molecule has 8 nitrogen and oxygen atoms in total. The normalized spacial score (nSPS) is 11.6. The van der Waals surface area contributed by atoms with Gasteiger partial charge in [0.15, 0.2) is 6.61 Å². The fraction of sp³-hybridized carbons (Fsp3) is 0.238. The van der Waals surface area contributed by atoms with Gasteiger partial charge in [-0.25, -0.2) is 5.43 Å². The molecule has 2 rings (SSSR count). The van der Waals surface area contributed by atoms with Crippen LogP contribution in [0.3, 0.4) is 0 Å². The molecule has 2 aromatic rings. The van der Waals surface area contributed by atoms with Crippen LogP contribution in [-0.2, 0) is 14.4 Å². The second kappa shape index (κ2) is 11.6. The van der Waals surface area contributed by atoms with Crippen LogP contribution in [0.1, 0.15) is 25.8 Å². The van der Waals surface area contributed by atoms with Crippen LogP contribution in [0.5, 0.6) is 5.75 Å². The molecule has 0 heterocycles. The average molecular weight is 431 g/mol. The first-order valence-electron chi connectivity index (χ1n) is 9.30. The minimum Gasteiger partial charge on any atom is -0.483 e. The van der Waals surface area contributed by atoms with Gasteiger partial charge < -0.3 is 15.4 Å². The standard InChI is InChI=1S/C21H23ClN4O4/c1-3-14(2)24-20(28)21(29)26-23-12-15-7-4-5-10-18(15)30-13-19(27)25-17-9-6-8-16(22)11-17/h4-12,14H,3,13H2,1-2H3,(H,24,28)(H,25,27)(H,26,29)/b23-12-/t14-/m0/s1. The van der Waals surface area contributed by atoms with Gasteiger partial charge in [0.05, 0.1) is 6.21 Å². The minimum absolute atomic E-state index is 0.112. The number of rotatable bonds is 8. The number of hydrazone groups is 1. The Balaban J connectivity index is 1.90. The van der Waals surface area contributed by atoms with Crippen LogP contribution in [0.25, 0.3) is 0 Å². The van der Waals surface area contributed by atoms with Crippen LogP contribution in [0.15, 0.2) is 53.6 Å². The van der Waals surface area contributed by atoms with Gasteiger partial charge in [0, 0.05) is 22.3 Å². The number of carbonyl (C=O) groups excluding carboxylic acids is 3. The Bertz CT molecular complexity index is 933. The van der Waals surface area contributed by atoms with E-state index in [1.165, 1.54) is 6.21 Å². The van der Waals surface area contributed by atoms with Gasteiger partial charge in [0.1, 0.15) is 5.75 Å². The highest BCUT2D eigenvalue weighted by Gasteiger charge is 2.14. The number of benzene rings is 2. The average Bonchev–Trinajstić information content (AvgIpc) is 2.72. The second-order valence-corrected chi connectivity index (χ2v) is 6.80. The molecule has 0 saturated carbocycles. The number of hydrogen-bond donors (Lipinski definition) is 3. The lowest BCUT2D eigenvalue weighted by molar-refractivity contribution is -0.139. The Labute approximate surface area is 179 Å². The van der Waals surface area contributed by atoms with Gasteiger partial charge in [-0.05, 0) is 43.7 Å². The number of hydrogen-bond acceptors (Lipinski definition) is 5. The summed E-state index contributed by atoms with van der Waals surface area (Å²) in [5.74, 6) is -1.60. The van der Waals surface area contributed by atoms with Crippen LogP contribution in [0.2, 0.25) is 5.02 Å². The number of amides is 3. The molecule has 30 heavy (non-hydrogen) atoms. The Hall–Kier alpha value is -3.39. The zero-order valence-corrected chi connectivity index (χ0v) is 17.4. The van der Waals surface area contributed by atoms with E-state index in [1.807, 2.05) is 6.92 Å². The first kappa shape index (κ1) is 22.9. The maximum absolute atomic E-state index is 12.1. The first-order chi connectivity index (χ1) is 14.4. The third kappa shape index (κ3) is 7.56. The van der Waals surface area contributed by atoms with E-state index in [4.69, 9.17) is 16.3 Å². The molecule has 0 saturated heterocycles. The van der Waals surface area contributed by atoms with Gasteiger partial charge in [-0.15, -0.1) is 0 Å². The zero-order chi connectivity index (χ0) is 21.9. The number of halogens is 1. The summed E-state index contributed by atoms with van der Waals surface area (Å²) in [6.07, 6.45) is 2.04. The van der Waals surface area contributed by atoms with Gasteiger partial charge >= 0.3 is 11.8 Å². The Morgan fingerprint density at radius 3 is 2.63 bits per heavy atom. The molecule has 0 aliphatic rings. The molecule has 0 radical (unpaired) electrons. The largest absolute Gasteiger partial charge is 0.483 e. The van der Waals surface area contributed by atoms with Crippen molar-refractivity contribution in [1.82, 2.24) is 10.7 Å². The smallest absolute Gasteiger partial charge is 0.329 e. The molecular weight excluding hydrogens is 408 g/mol. The van der Waals surface area contributed by atoms with E-state index in [0.29, 0.717) is 28.4 Å². The summed E-state index contributed by atoms with van der Waals surface area (Å²) in [6, 6.07) is 13.5. The molecule has 1 atom stereocenters. The van der Waals surface area contributed by atoms with E-state index >= 15 is 0 Å². The molecule has 0 fully saturated rings. The van der Waals surface area contributed by atoms with Crippen LogP contribution < -0.4 is 20.8 Å². The van der Waals surface area contributed by atoms with Crippen LogP contribution in [-0.4, -0.2) is 36.6 Å². The van der Waals surface area contributed by atoms with Gasteiger partial charge in [0.2, 0.25) is 0 Å². The molecule has 0 bridgehead atoms. The van der Waals surface area contributed by atoms with E-state index < -0.39 is 11.8 Å². The summed E-state index contributed by atoms with van der Waals surface area (Å²) in [5, 5.41) is 9.51. The number of ether oxygens (including phenoxy) is 1. The fourth-order valence-corrected chi connectivity index (χ4v) is 2.42. The van der Waals surface area contributed by atoms with E-state index in [-0.39, 0.29) is 18.6 Å². The lowest BCUT2D eigenvalue weighted by Gasteiger charge is -2.10. The fourth-order valence-electron chi connectivity index (χ4n) is 2.23. The summed E-state index contributed by atoms with van der Waals surface area (Å²) >= 11 is 5.89. The second-order valence-electron chi connectivity index (χ2n) is 6.37. The van der Waals surface area contributed by atoms with Crippen LogP contribution >= 0.6 is 11.6 Å². The number of anilines is 1. The van der Waals surface area contributed by atoms with Crippen molar-refractivity contribution < 1.29 is 19.1 Å². The van der Waals surface area contributed by atoms with E-state index in [0.717, 1.165) is 0 Å². The monoisotopic (exact) mass is 430 g/mol. The van der Waals surface area contributed by atoms with Crippen molar-refractivity contribution in [3.63, 3.8) is 0 Å². The molecular formula is C21H23ClN4O4. The number of carbonyl (C=O) groups is 3. The third-order valence-corrected chi connectivity index (χ3v) is 4.19. The quantitative estimate of drug-likeness (QED) is 0.340. The van der Waals surface area contributed by atoms with E-state index in [2.05, 4.69) is 21.2 Å². The van der Waals surface area contributed by atoms with Crippen molar-refractivity contribution in [2.24, 2.45) is 5.10 Å². The Morgan fingerprint density at radius 2 is 1.90 bits per heavy atom. The predicted molar refractivity (Wildman–Crippen MR) is 116 cm³/mol. The lowest BCUT2D eigenvalue weighted by atomic mass is 10.2. The molecule has 0 aliphatic carbocycles. The van der Waals surface area contributed by atoms with E-state index in [1.54, 1.807) is 55.5 Å². The van der Waals surface area contributed by atoms with Crippen molar-refractivity contribution in [1.29, 1.82) is 0 Å². The summed E-state index contributed by atoms with van der Waals surface area (Å²) < 4.78 is 5.55. The molecule has 2 aromatic carbocycles. The van der Waals surface area contributed by atoms with Crippen molar-refractivity contribution >= 4 is 41.2 Å². The first-order valence-corrected chi connectivity index (χ1v) is 9.68. The van der Waals surface area contributed by atoms with Crippen LogP contribution in [0, 0.1) is 0 Å². The van der Waals surface area contributed by atoms with Crippen LogP contribution in [0.4, 0.5) is 5.69 Å². The molecule has 0 aliphatic heterocycles.